The predicted octanol–water partition coefficient (Wildman–Crippen LogP) is 1.26. The van der Waals surface area contributed by atoms with Crippen molar-refractivity contribution < 1.29 is 8.42 Å². The summed E-state index contributed by atoms with van der Waals surface area (Å²) in [4.78, 5) is 28.2. The Morgan fingerprint density at radius 3 is 2.68 bits per heavy atom. The first-order valence-electron chi connectivity index (χ1n) is 9.14. The Labute approximate surface area is 161 Å². The van der Waals surface area contributed by atoms with Gasteiger partial charge in [-0.25, -0.2) is 13.2 Å². The highest BCUT2D eigenvalue weighted by atomic mass is 32.2. The van der Waals surface area contributed by atoms with Crippen LogP contribution < -0.4 is 11.2 Å². The summed E-state index contributed by atoms with van der Waals surface area (Å²) in [6.45, 7) is 0.392. The van der Waals surface area contributed by atoms with Crippen LogP contribution in [0, 0.1) is 0 Å². The van der Waals surface area contributed by atoms with E-state index in [-0.39, 0.29) is 16.3 Å². The van der Waals surface area contributed by atoms with E-state index in [0.29, 0.717) is 18.5 Å². The van der Waals surface area contributed by atoms with Gasteiger partial charge in [0.1, 0.15) is 0 Å². The number of sulfonamides is 1. The number of hydrogen-bond acceptors (Lipinski definition) is 5. The fourth-order valence-electron chi connectivity index (χ4n) is 3.72. The van der Waals surface area contributed by atoms with Gasteiger partial charge in [-0.05, 0) is 37.1 Å². The third-order valence-corrected chi connectivity index (χ3v) is 7.00. The molecular weight excluding hydrogens is 382 g/mol. The number of H-pyrrole nitrogens is 2. The van der Waals surface area contributed by atoms with Gasteiger partial charge in [0.15, 0.2) is 0 Å². The van der Waals surface area contributed by atoms with E-state index >= 15 is 0 Å². The molecule has 1 atom stereocenters. The minimum atomic E-state index is -3.85. The van der Waals surface area contributed by atoms with Crippen molar-refractivity contribution in [3.8, 4) is 0 Å². The first kappa shape index (κ1) is 18.6. The normalized spacial score (nSPS) is 19.0. The maximum atomic E-state index is 13.5. The maximum absolute atomic E-state index is 13.5. The second kappa shape index (κ2) is 7.02. The molecule has 0 saturated carbocycles. The van der Waals surface area contributed by atoms with E-state index in [1.54, 1.807) is 17.9 Å². The third-order valence-electron chi connectivity index (χ3n) is 5.10. The monoisotopic (exact) mass is 403 g/mol. The van der Waals surface area contributed by atoms with Gasteiger partial charge in [0.05, 0.1) is 27.5 Å². The highest BCUT2D eigenvalue weighted by Gasteiger charge is 2.34. The molecule has 0 spiro atoms. The Balaban J connectivity index is 1.82. The largest absolute Gasteiger partial charge is 0.326 e. The molecule has 1 aliphatic heterocycles. The van der Waals surface area contributed by atoms with Crippen molar-refractivity contribution in [2.24, 2.45) is 7.05 Å². The van der Waals surface area contributed by atoms with Gasteiger partial charge in [0.25, 0.3) is 5.56 Å². The molecule has 0 amide bonds. The summed E-state index contributed by atoms with van der Waals surface area (Å²) in [5, 5.41) is 4.55. The summed E-state index contributed by atoms with van der Waals surface area (Å²) in [5.74, 6) is 0. The topological polar surface area (TPSA) is 121 Å². The number of aromatic nitrogens is 4. The molecule has 28 heavy (non-hydrogen) atoms. The van der Waals surface area contributed by atoms with Crippen molar-refractivity contribution >= 4 is 20.9 Å². The standard InChI is InChI=1S/C18H21N5O4S/c1-22-10-8-15(21-22)16-5-3-2-4-9-23(16)28(26,27)12-6-7-14-13(11-12)17(24)20-18(25)19-14/h6-8,10-11,16H,2-5,9H2,1H3,(H2,19,20,24,25)/t16-/m1/s1. The number of aryl methyl sites for hydroxylation is 1. The van der Waals surface area contributed by atoms with E-state index < -0.39 is 21.3 Å². The average Bonchev–Trinajstić information content (AvgIpc) is 2.92. The van der Waals surface area contributed by atoms with Gasteiger partial charge >= 0.3 is 5.69 Å². The predicted molar refractivity (Wildman–Crippen MR) is 103 cm³/mol. The second-order valence-corrected chi connectivity index (χ2v) is 8.90. The summed E-state index contributed by atoms with van der Waals surface area (Å²) >= 11 is 0. The Morgan fingerprint density at radius 1 is 1.11 bits per heavy atom. The van der Waals surface area contributed by atoms with E-state index in [1.165, 1.54) is 22.5 Å². The summed E-state index contributed by atoms with van der Waals surface area (Å²) in [6, 6.07) is 5.69. The van der Waals surface area contributed by atoms with Gasteiger partial charge in [-0.3, -0.25) is 14.5 Å². The lowest BCUT2D eigenvalue weighted by atomic mass is 10.1. The molecule has 0 radical (unpaired) electrons. The lowest BCUT2D eigenvalue weighted by molar-refractivity contribution is 0.321. The summed E-state index contributed by atoms with van der Waals surface area (Å²) in [6.07, 6.45) is 5.14. The molecule has 1 fully saturated rings. The van der Waals surface area contributed by atoms with Crippen LogP contribution in [0.2, 0.25) is 0 Å². The smallest absolute Gasteiger partial charge is 0.307 e. The van der Waals surface area contributed by atoms with Crippen molar-refractivity contribution in [2.75, 3.05) is 6.54 Å². The van der Waals surface area contributed by atoms with Crippen LogP contribution in [0.3, 0.4) is 0 Å². The van der Waals surface area contributed by atoms with Crippen LogP contribution in [0.4, 0.5) is 0 Å². The van der Waals surface area contributed by atoms with Crippen LogP contribution in [0.15, 0.2) is 44.9 Å². The van der Waals surface area contributed by atoms with Crippen molar-refractivity contribution in [3.05, 3.63) is 57.0 Å². The fraction of sp³-hybridized carbons (Fsp3) is 0.389. The number of nitrogens with zero attached hydrogens (tertiary/aromatic N) is 3. The molecular formula is C18H21N5O4S. The van der Waals surface area contributed by atoms with Gasteiger partial charge in [0.2, 0.25) is 10.0 Å². The molecule has 1 aliphatic rings. The van der Waals surface area contributed by atoms with Crippen LogP contribution in [0.25, 0.3) is 10.9 Å². The highest BCUT2D eigenvalue weighted by molar-refractivity contribution is 7.89. The molecule has 2 aromatic heterocycles. The van der Waals surface area contributed by atoms with E-state index in [2.05, 4.69) is 15.1 Å². The van der Waals surface area contributed by atoms with Crippen LogP contribution in [0.1, 0.15) is 37.4 Å². The van der Waals surface area contributed by atoms with Gasteiger partial charge in [-0.15, -0.1) is 0 Å². The molecule has 0 unspecified atom stereocenters. The van der Waals surface area contributed by atoms with Crippen LogP contribution in [-0.2, 0) is 17.1 Å². The van der Waals surface area contributed by atoms with Crippen LogP contribution in [-0.4, -0.2) is 39.0 Å². The first-order chi connectivity index (χ1) is 13.4. The maximum Gasteiger partial charge on any atom is 0.326 e. The highest BCUT2D eigenvalue weighted by Crippen LogP contribution is 2.34. The molecule has 1 aromatic carbocycles. The second-order valence-electron chi connectivity index (χ2n) is 7.01. The Morgan fingerprint density at radius 2 is 1.93 bits per heavy atom. The van der Waals surface area contributed by atoms with E-state index in [1.807, 2.05) is 6.07 Å². The fourth-order valence-corrected chi connectivity index (χ4v) is 5.41. The number of hydrogen-bond donors (Lipinski definition) is 2. The lowest BCUT2D eigenvalue weighted by Crippen LogP contribution is -2.35. The van der Waals surface area contributed by atoms with Crippen molar-refractivity contribution in [1.82, 2.24) is 24.1 Å². The number of benzene rings is 1. The average molecular weight is 403 g/mol. The SMILES string of the molecule is Cn1ccc([C@H]2CCCCCN2S(=O)(=O)c2ccc3[nH]c(=O)[nH]c(=O)c3c2)n1. The number of rotatable bonds is 3. The molecule has 4 rings (SSSR count). The molecule has 9 nitrogen and oxygen atoms in total. The molecule has 1 saturated heterocycles. The molecule has 0 aliphatic carbocycles. The zero-order valence-corrected chi connectivity index (χ0v) is 16.2. The zero-order valence-electron chi connectivity index (χ0n) is 15.4. The van der Waals surface area contributed by atoms with Crippen molar-refractivity contribution in [2.45, 2.75) is 36.6 Å². The van der Waals surface area contributed by atoms with Crippen LogP contribution >= 0.6 is 0 Å². The molecule has 3 aromatic rings. The van der Waals surface area contributed by atoms with E-state index in [0.717, 1.165) is 25.0 Å². The quantitative estimate of drug-likeness (QED) is 0.682. The van der Waals surface area contributed by atoms with Gasteiger partial charge in [0, 0.05) is 19.8 Å². The molecule has 3 heterocycles. The summed E-state index contributed by atoms with van der Waals surface area (Å²) in [5.41, 5.74) is -0.232. The number of aromatic amines is 2. The van der Waals surface area contributed by atoms with Gasteiger partial charge in [-0.2, -0.15) is 9.40 Å². The number of nitrogens with one attached hydrogen (secondary N) is 2. The molecule has 0 bridgehead atoms. The van der Waals surface area contributed by atoms with E-state index in [9.17, 15) is 18.0 Å². The third kappa shape index (κ3) is 3.29. The summed E-state index contributed by atoms with van der Waals surface area (Å²) in [7, 11) is -2.05. The van der Waals surface area contributed by atoms with Gasteiger partial charge < -0.3 is 4.98 Å². The molecule has 148 valence electrons. The first-order valence-corrected chi connectivity index (χ1v) is 10.6. The molecule has 2 N–H and O–H groups in total. The minimum absolute atomic E-state index is 0.0281. The van der Waals surface area contributed by atoms with E-state index in [4.69, 9.17) is 0 Å². The lowest BCUT2D eigenvalue weighted by Gasteiger charge is -2.28. The van der Waals surface area contributed by atoms with Gasteiger partial charge in [-0.1, -0.05) is 12.8 Å². The number of fused-ring (bicyclic) bond motifs is 1. The Bertz CT molecular complexity index is 1240. The molecule has 10 heteroatoms. The summed E-state index contributed by atoms with van der Waals surface area (Å²) < 4.78 is 30.1. The Hall–Kier alpha value is -2.72. The zero-order chi connectivity index (χ0) is 19.9. The Kier molecular flexibility index (Phi) is 4.68. The van der Waals surface area contributed by atoms with Crippen LogP contribution in [0.5, 0.6) is 0 Å². The van der Waals surface area contributed by atoms with Crippen molar-refractivity contribution in [3.63, 3.8) is 0 Å². The minimum Gasteiger partial charge on any atom is -0.307 e. The van der Waals surface area contributed by atoms with Crippen molar-refractivity contribution in [1.29, 1.82) is 0 Å².